The molecule has 1 N–H and O–H groups in total. The van der Waals surface area contributed by atoms with E-state index in [1.807, 2.05) is 46.0 Å². The lowest BCUT2D eigenvalue weighted by Crippen LogP contribution is -2.33. The minimum Gasteiger partial charge on any atom is -0.493 e. The van der Waals surface area contributed by atoms with Gasteiger partial charge in [0.25, 0.3) is 0 Å². The molecule has 1 aromatic carbocycles. The average molecular weight is 360 g/mol. The first-order chi connectivity index (χ1) is 12.4. The Labute approximate surface area is 154 Å². The van der Waals surface area contributed by atoms with Gasteiger partial charge in [-0.2, -0.15) is 5.10 Å². The van der Waals surface area contributed by atoms with Gasteiger partial charge in [-0.25, -0.2) is 0 Å². The van der Waals surface area contributed by atoms with Crippen LogP contribution in [-0.4, -0.2) is 47.9 Å². The molecule has 0 fully saturated rings. The molecule has 0 atom stereocenters. The number of hydrogen-bond donors (Lipinski definition) is 1. The second-order valence-corrected chi connectivity index (χ2v) is 6.21. The number of aromatic nitrogens is 2. The van der Waals surface area contributed by atoms with Crippen molar-refractivity contribution in [2.24, 2.45) is 7.05 Å². The van der Waals surface area contributed by atoms with Gasteiger partial charge in [-0.1, -0.05) is 13.0 Å². The van der Waals surface area contributed by atoms with Crippen LogP contribution in [0.5, 0.6) is 11.5 Å². The van der Waals surface area contributed by atoms with Crippen LogP contribution in [0.1, 0.15) is 23.9 Å². The van der Waals surface area contributed by atoms with Crippen molar-refractivity contribution in [3.8, 4) is 11.5 Å². The summed E-state index contributed by atoms with van der Waals surface area (Å²) in [6.45, 7) is 7.58. The van der Waals surface area contributed by atoms with Crippen molar-refractivity contribution in [2.75, 3.05) is 32.6 Å². The molecule has 1 heterocycles. The van der Waals surface area contributed by atoms with Crippen LogP contribution in [0.25, 0.3) is 0 Å². The highest BCUT2D eigenvalue weighted by molar-refractivity contribution is 5.93. The smallest absolute Gasteiger partial charge is 0.238 e. The Bertz CT molecular complexity index is 770. The van der Waals surface area contributed by atoms with Crippen LogP contribution >= 0.6 is 0 Å². The number of anilines is 1. The van der Waals surface area contributed by atoms with Gasteiger partial charge in [0, 0.05) is 13.6 Å². The van der Waals surface area contributed by atoms with Gasteiger partial charge in [0.1, 0.15) is 0 Å². The number of carbonyl (C=O) groups excluding carboxylic acids is 1. The lowest BCUT2D eigenvalue weighted by molar-refractivity contribution is -0.117. The minimum absolute atomic E-state index is 0.0495. The number of nitrogens with zero attached hydrogens (tertiary/aromatic N) is 3. The maximum absolute atomic E-state index is 12.5. The van der Waals surface area contributed by atoms with E-state index in [0.717, 1.165) is 29.2 Å². The summed E-state index contributed by atoms with van der Waals surface area (Å²) in [5.41, 5.74) is 3.62. The molecule has 0 bridgehead atoms. The fraction of sp³-hybridized carbons (Fsp3) is 0.474. The third-order valence-corrected chi connectivity index (χ3v) is 4.44. The second kappa shape index (κ2) is 8.71. The van der Waals surface area contributed by atoms with Crippen molar-refractivity contribution in [3.05, 3.63) is 35.2 Å². The Morgan fingerprint density at radius 3 is 2.46 bits per heavy atom. The summed E-state index contributed by atoms with van der Waals surface area (Å²) in [4.78, 5) is 14.5. The molecule has 26 heavy (non-hydrogen) atoms. The first kappa shape index (κ1) is 19.8. The van der Waals surface area contributed by atoms with E-state index in [2.05, 4.69) is 15.3 Å². The lowest BCUT2D eigenvalue weighted by atomic mass is 10.2. The summed E-state index contributed by atoms with van der Waals surface area (Å²) in [7, 11) is 5.10. The van der Waals surface area contributed by atoms with Crippen LogP contribution < -0.4 is 14.8 Å². The molecule has 142 valence electrons. The zero-order valence-electron chi connectivity index (χ0n) is 16.4. The molecule has 7 nitrogen and oxygen atoms in total. The molecule has 0 radical (unpaired) electrons. The molecule has 1 aromatic heterocycles. The van der Waals surface area contributed by atoms with Gasteiger partial charge in [0.2, 0.25) is 5.91 Å². The van der Waals surface area contributed by atoms with E-state index in [4.69, 9.17) is 9.47 Å². The molecule has 1 amide bonds. The molecule has 0 aliphatic rings. The van der Waals surface area contributed by atoms with E-state index >= 15 is 0 Å². The molecular formula is C19H28N4O3. The Morgan fingerprint density at radius 2 is 1.92 bits per heavy atom. The van der Waals surface area contributed by atoms with Crippen LogP contribution in [0.4, 0.5) is 5.69 Å². The van der Waals surface area contributed by atoms with Crippen LogP contribution in [0.3, 0.4) is 0 Å². The first-order valence-corrected chi connectivity index (χ1v) is 8.62. The number of nitrogens with one attached hydrogen (secondary N) is 1. The number of ether oxygens (including phenoxy) is 2. The van der Waals surface area contributed by atoms with Gasteiger partial charge in [0.15, 0.2) is 11.5 Å². The molecule has 0 unspecified atom stereocenters. The van der Waals surface area contributed by atoms with Gasteiger partial charge in [-0.3, -0.25) is 14.4 Å². The van der Waals surface area contributed by atoms with Crippen molar-refractivity contribution in [2.45, 2.75) is 27.3 Å². The highest BCUT2D eigenvalue weighted by atomic mass is 16.5. The summed E-state index contributed by atoms with van der Waals surface area (Å²) in [5, 5.41) is 7.31. The van der Waals surface area contributed by atoms with Crippen molar-refractivity contribution in [1.82, 2.24) is 14.7 Å². The van der Waals surface area contributed by atoms with E-state index in [0.29, 0.717) is 24.6 Å². The number of amides is 1. The fourth-order valence-corrected chi connectivity index (χ4v) is 2.85. The Morgan fingerprint density at radius 1 is 1.23 bits per heavy atom. The predicted octanol–water partition coefficient (Wildman–Crippen LogP) is 2.51. The molecule has 0 spiro atoms. The van der Waals surface area contributed by atoms with E-state index < -0.39 is 0 Å². The monoisotopic (exact) mass is 360 g/mol. The number of aryl methyl sites for hydroxylation is 2. The third-order valence-electron chi connectivity index (χ3n) is 4.44. The normalized spacial score (nSPS) is 10.9. The van der Waals surface area contributed by atoms with Gasteiger partial charge in [-0.15, -0.1) is 0 Å². The molecule has 2 aromatic rings. The van der Waals surface area contributed by atoms with Crippen LogP contribution in [0, 0.1) is 13.8 Å². The topological polar surface area (TPSA) is 68.6 Å². The maximum atomic E-state index is 12.5. The minimum atomic E-state index is -0.0495. The van der Waals surface area contributed by atoms with E-state index in [-0.39, 0.29) is 5.91 Å². The third kappa shape index (κ3) is 4.54. The molecule has 2 rings (SSSR count). The number of likely N-dealkylation sites (N-methyl/N-ethyl adjacent to an activating group) is 1. The molecule has 7 heteroatoms. The van der Waals surface area contributed by atoms with E-state index in [1.54, 1.807) is 18.9 Å². The summed E-state index contributed by atoms with van der Waals surface area (Å²) in [6.07, 6.45) is 0. The Balaban J connectivity index is 2.03. The molecule has 0 saturated carbocycles. The number of methoxy groups -OCH3 is 2. The summed E-state index contributed by atoms with van der Waals surface area (Å²) < 4.78 is 12.4. The van der Waals surface area contributed by atoms with Crippen molar-refractivity contribution in [1.29, 1.82) is 0 Å². The van der Waals surface area contributed by atoms with E-state index in [1.165, 1.54) is 0 Å². The summed E-state index contributed by atoms with van der Waals surface area (Å²) >= 11 is 0. The quantitative estimate of drug-likeness (QED) is 0.783. The molecule has 0 aliphatic carbocycles. The standard InChI is InChI=1S/C19H28N4O3/c1-7-23(11-15-8-9-16(25-5)17(10-15)26-6)12-18(24)20-19-13(2)21-22(4)14(19)3/h8-10H,7,11-12H2,1-6H3,(H,20,24). The van der Waals surface area contributed by atoms with E-state index in [9.17, 15) is 4.79 Å². The maximum Gasteiger partial charge on any atom is 0.238 e. The molecular weight excluding hydrogens is 332 g/mol. The molecule has 0 aliphatic heterocycles. The second-order valence-electron chi connectivity index (χ2n) is 6.21. The van der Waals surface area contributed by atoms with Gasteiger partial charge in [0.05, 0.1) is 37.8 Å². The lowest BCUT2D eigenvalue weighted by Gasteiger charge is -2.20. The number of benzene rings is 1. The first-order valence-electron chi connectivity index (χ1n) is 8.62. The summed E-state index contributed by atoms with van der Waals surface area (Å²) in [5.74, 6) is 1.33. The van der Waals surface area contributed by atoms with Crippen molar-refractivity contribution < 1.29 is 14.3 Å². The number of rotatable bonds is 8. The van der Waals surface area contributed by atoms with Crippen LogP contribution in [0.15, 0.2) is 18.2 Å². The summed E-state index contributed by atoms with van der Waals surface area (Å²) in [6, 6.07) is 5.80. The molecule has 0 saturated heterocycles. The Hall–Kier alpha value is -2.54. The predicted molar refractivity (Wildman–Crippen MR) is 102 cm³/mol. The van der Waals surface area contributed by atoms with Crippen LogP contribution in [-0.2, 0) is 18.4 Å². The highest BCUT2D eigenvalue weighted by Gasteiger charge is 2.15. The van der Waals surface area contributed by atoms with Gasteiger partial charge < -0.3 is 14.8 Å². The SMILES string of the molecule is CCN(CC(=O)Nc1c(C)nn(C)c1C)Cc1ccc(OC)c(OC)c1. The number of hydrogen-bond acceptors (Lipinski definition) is 5. The van der Waals surface area contributed by atoms with Crippen molar-refractivity contribution >= 4 is 11.6 Å². The van der Waals surface area contributed by atoms with Crippen LogP contribution in [0.2, 0.25) is 0 Å². The number of carbonyl (C=O) groups is 1. The largest absolute Gasteiger partial charge is 0.493 e. The van der Waals surface area contributed by atoms with Crippen molar-refractivity contribution in [3.63, 3.8) is 0 Å². The Kier molecular flexibility index (Phi) is 6.63. The average Bonchev–Trinajstić information content (AvgIpc) is 2.87. The zero-order chi connectivity index (χ0) is 19.3. The highest BCUT2D eigenvalue weighted by Crippen LogP contribution is 2.28. The zero-order valence-corrected chi connectivity index (χ0v) is 16.4. The van der Waals surface area contributed by atoms with Gasteiger partial charge >= 0.3 is 0 Å². The fourth-order valence-electron chi connectivity index (χ4n) is 2.85. The van der Waals surface area contributed by atoms with Gasteiger partial charge in [-0.05, 0) is 38.1 Å².